The highest BCUT2D eigenvalue weighted by Gasteiger charge is 2.14. The minimum Gasteiger partial charge on any atom is -0.454 e. The maximum atomic E-state index is 11.9. The number of esters is 1. The number of ether oxygens (including phenoxy) is 1. The van der Waals surface area contributed by atoms with Crippen LogP contribution in [0.4, 0.5) is 0 Å². The van der Waals surface area contributed by atoms with Gasteiger partial charge in [-0.15, -0.1) is 21.5 Å². The van der Waals surface area contributed by atoms with Gasteiger partial charge in [-0.1, -0.05) is 36.4 Å². The van der Waals surface area contributed by atoms with Crippen LogP contribution in [0.2, 0.25) is 0 Å². The Morgan fingerprint density at radius 3 is 2.77 bits per heavy atom. The summed E-state index contributed by atoms with van der Waals surface area (Å²) in [7, 11) is 0. The molecule has 1 aromatic carbocycles. The summed E-state index contributed by atoms with van der Waals surface area (Å²) in [5, 5.41) is 16.5. The van der Waals surface area contributed by atoms with Gasteiger partial charge in [0.2, 0.25) is 5.82 Å². The normalized spacial score (nSPS) is 11.7. The van der Waals surface area contributed by atoms with E-state index in [2.05, 4.69) is 20.7 Å². The molecule has 8 nitrogen and oxygen atoms in total. The van der Waals surface area contributed by atoms with Crippen molar-refractivity contribution in [3.8, 4) is 10.7 Å². The largest absolute Gasteiger partial charge is 0.454 e. The number of aromatic nitrogens is 4. The molecule has 9 heteroatoms. The number of hydrogen-bond donors (Lipinski definition) is 1. The molecule has 0 bridgehead atoms. The molecule has 3 aromatic rings. The fourth-order valence-electron chi connectivity index (χ4n) is 2.23. The van der Waals surface area contributed by atoms with Gasteiger partial charge in [0, 0.05) is 0 Å². The van der Waals surface area contributed by atoms with Gasteiger partial charge in [0.05, 0.1) is 10.9 Å². The molecule has 2 aromatic heterocycles. The van der Waals surface area contributed by atoms with Gasteiger partial charge in [0.1, 0.15) is 0 Å². The molecule has 1 N–H and O–H groups in total. The van der Waals surface area contributed by atoms with E-state index in [-0.39, 0.29) is 25.1 Å². The summed E-state index contributed by atoms with van der Waals surface area (Å²) in [6, 6.07) is 13.1. The predicted octanol–water partition coefficient (Wildman–Crippen LogP) is 1.82. The van der Waals surface area contributed by atoms with Crippen molar-refractivity contribution in [2.75, 3.05) is 6.61 Å². The molecule has 1 amide bonds. The average molecular weight is 371 g/mol. The first-order valence-corrected chi connectivity index (χ1v) is 8.81. The zero-order valence-electron chi connectivity index (χ0n) is 14.0. The van der Waals surface area contributed by atoms with Gasteiger partial charge in [0.15, 0.2) is 13.2 Å². The molecule has 0 radical (unpaired) electrons. The number of nitrogens with one attached hydrogen (secondary N) is 1. The zero-order chi connectivity index (χ0) is 18.4. The Morgan fingerprint density at radius 1 is 1.23 bits per heavy atom. The Kier molecular flexibility index (Phi) is 5.69. The number of amides is 1. The first kappa shape index (κ1) is 17.7. The van der Waals surface area contributed by atoms with Gasteiger partial charge in [-0.05, 0) is 29.1 Å². The number of hydrogen-bond acceptors (Lipinski definition) is 7. The van der Waals surface area contributed by atoms with Gasteiger partial charge in [0.25, 0.3) is 5.91 Å². The quantitative estimate of drug-likeness (QED) is 0.636. The van der Waals surface area contributed by atoms with Crippen molar-refractivity contribution >= 4 is 23.2 Å². The van der Waals surface area contributed by atoms with E-state index in [1.165, 1.54) is 11.3 Å². The number of tetrazole rings is 1. The zero-order valence-corrected chi connectivity index (χ0v) is 14.8. The SMILES string of the molecule is C[C@@H](NC(=O)COC(=O)Cn1nnc(-c2cccs2)n1)c1ccccc1. The highest BCUT2D eigenvalue weighted by atomic mass is 32.1. The van der Waals surface area contributed by atoms with E-state index in [0.717, 1.165) is 15.2 Å². The Balaban J connectivity index is 1.44. The lowest BCUT2D eigenvalue weighted by atomic mass is 10.1. The number of carbonyl (C=O) groups is 2. The van der Waals surface area contributed by atoms with Crippen LogP contribution in [0.3, 0.4) is 0 Å². The Hall–Kier alpha value is -3.07. The third-order valence-corrected chi connectivity index (χ3v) is 4.37. The minimum absolute atomic E-state index is 0.173. The number of thiophene rings is 1. The first-order chi connectivity index (χ1) is 12.6. The van der Waals surface area contributed by atoms with E-state index >= 15 is 0 Å². The highest BCUT2D eigenvalue weighted by Crippen LogP contribution is 2.19. The molecule has 0 aliphatic heterocycles. The summed E-state index contributed by atoms with van der Waals surface area (Å²) in [4.78, 5) is 25.7. The van der Waals surface area contributed by atoms with Crippen molar-refractivity contribution in [1.29, 1.82) is 0 Å². The van der Waals surface area contributed by atoms with Crippen LogP contribution in [-0.2, 0) is 20.9 Å². The lowest BCUT2D eigenvalue weighted by Gasteiger charge is -2.14. The van der Waals surface area contributed by atoms with Crippen LogP contribution in [0.15, 0.2) is 47.8 Å². The van der Waals surface area contributed by atoms with Crippen LogP contribution in [0, 0.1) is 0 Å². The van der Waals surface area contributed by atoms with Gasteiger partial charge >= 0.3 is 5.97 Å². The number of rotatable bonds is 7. The van der Waals surface area contributed by atoms with E-state index in [4.69, 9.17) is 4.74 Å². The molecule has 3 rings (SSSR count). The maximum absolute atomic E-state index is 11.9. The first-order valence-electron chi connectivity index (χ1n) is 7.93. The van der Waals surface area contributed by atoms with Crippen molar-refractivity contribution in [2.24, 2.45) is 0 Å². The van der Waals surface area contributed by atoms with Crippen LogP contribution >= 0.6 is 11.3 Å². The van der Waals surface area contributed by atoms with Crippen LogP contribution < -0.4 is 5.32 Å². The van der Waals surface area contributed by atoms with Crippen LogP contribution in [0.1, 0.15) is 18.5 Å². The van der Waals surface area contributed by atoms with E-state index in [0.29, 0.717) is 5.82 Å². The van der Waals surface area contributed by atoms with Gasteiger partial charge < -0.3 is 10.1 Å². The van der Waals surface area contributed by atoms with Crippen LogP contribution in [0.25, 0.3) is 10.7 Å². The molecule has 0 saturated carbocycles. The topological polar surface area (TPSA) is 99.0 Å². The lowest BCUT2D eigenvalue weighted by molar-refractivity contribution is -0.149. The van der Waals surface area contributed by atoms with Crippen molar-refractivity contribution < 1.29 is 14.3 Å². The standard InChI is InChI=1S/C17H17N5O3S/c1-12(13-6-3-2-4-7-13)18-15(23)11-25-16(24)10-22-20-17(19-21-22)14-8-5-9-26-14/h2-9,12H,10-11H2,1H3,(H,18,23)/t12-/m1/s1. The second-order valence-corrected chi connectivity index (χ2v) is 6.43. The summed E-state index contributed by atoms with van der Waals surface area (Å²) < 4.78 is 4.97. The summed E-state index contributed by atoms with van der Waals surface area (Å²) in [6.07, 6.45) is 0. The number of benzene rings is 1. The average Bonchev–Trinajstić information content (AvgIpc) is 3.32. The molecule has 0 unspecified atom stereocenters. The molecule has 2 heterocycles. The molecular formula is C17H17N5O3S. The van der Waals surface area contributed by atoms with Crippen LogP contribution in [0.5, 0.6) is 0 Å². The molecule has 0 aliphatic rings. The molecule has 134 valence electrons. The smallest absolute Gasteiger partial charge is 0.330 e. The molecule has 1 atom stereocenters. The molecular weight excluding hydrogens is 354 g/mol. The summed E-state index contributed by atoms with van der Waals surface area (Å²) in [5.74, 6) is -0.537. The number of nitrogens with zero attached hydrogens (tertiary/aromatic N) is 4. The van der Waals surface area contributed by atoms with Crippen molar-refractivity contribution in [2.45, 2.75) is 19.5 Å². The summed E-state index contributed by atoms with van der Waals surface area (Å²) in [6.45, 7) is 1.29. The molecule has 26 heavy (non-hydrogen) atoms. The van der Waals surface area contributed by atoms with Crippen molar-refractivity contribution in [3.05, 3.63) is 53.4 Å². The second-order valence-electron chi connectivity index (χ2n) is 5.48. The van der Waals surface area contributed by atoms with Crippen molar-refractivity contribution in [1.82, 2.24) is 25.5 Å². The predicted molar refractivity (Wildman–Crippen MR) is 95.1 cm³/mol. The second kappa shape index (κ2) is 8.34. The van der Waals surface area contributed by atoms with Crippen LogP contribution in [-0.4, -0.2) is 38.7 Å². The Morgan fingerprint density at radius 2 is 2.04 bits per heavy atom. The van der Waals surface area contributed by atoms with Crippen molar-refractivity contribution in [3.63, 3.8) is 0 Å². The van der Waals surface area contributed by atoms with Gasteiger partial charge in [-0.2, -0.15) is 4.80 Å². The fourth-order valence-corrected chi connectivity index (χ4v) is 2.88. The summed E-state index contributed by atoms with van der Waals surface area (Å²) >= 11 is 1.48. The molecule has 0 aliphatic carbocycles. The summed E-state index contributed by atoms with van der Waals surface area (Å²) in [5.41, 5.74) is 0.972. The lowest BCUT2D eigenvalue weighted by Crippen LogP contribution is -2.31. The van der Waals surface area contributed by atoms with E-state index in [9.17, 15) is 9.59 Å². The van der Waals surface area contributed by atoms with Gasteiger partial charge in [-0.25, -0.2) is 4.79 Å². The Labute approximate surface area is 153 Å². The number of carbonyl (C=O) groups excluding carboxylic acids is 2. The van der Waals surface area contributed by atoms with E-state index in [1.54, 1.807) is 0 Å². The maximum Gasteiger partial charge on any atom is 0.330 e. The Bertz CT molecular complexity index is 864. The van der Waals surface area contributed by atoms with Gasteiger partial charge in [-0.3, -0.25) is 4.79 Å². The highest BCUT2D eigenvalue weighted by molar-refractivity contribution is 7.13. The third kappa shape index (κ3) is 4.73. The third-order valence-electron chi connectivity index (χ3n) is 3.51. The van der Waals surface area contributed by atoms with E-state index < -0.39 is 5.97 Å². The van der Waals surface area contributed by atoms with E-state index in [1.807, 2.05) is 54.8 Å². The molecule has 0 spiro atoms. The fraction of sp³-hybridized carbons (Fsp3) is 0.235. The molecule has 0 saturated heterocycles. The molecule has 0 fully saturated rings. The monoisotopic (exact) mass is 371 g/mol. The minimum atomic E-state index is -0.609.